The van der Waals surface area contributed by atoms with Gasteiger partial charge in [-0.25, -0.2) is 9.97 Å². The average molecular weight is 348 g/mol. The van der Waals surface area contributed by atoms with Crippen LogP contribution in [0.4, 0.5) is 0 Å². The summed E-state index contributed by atoms with van der Waals surface area (Å²) in [5, 5.41) is 0. The van der Waals surface area contributed by atoms with Gasteiger partial charge in [0.05, 0.1) is 5.56 Å². The summed E-state index contributed by atoms with van der Waals surface area (Å²) < 4.78 is 5.65. The third-order valence-corrected chi connectivity index (χ3v) is 4.48. The van der Waals surface area contributed by atoms with E-state index in [2.05, 4.69) is 40.9 Å². The molecule has 1 fully saturated rings. The van der Waals surface area contributed by atoms with Gasteiger partial charge in [-0.2, -0.15) is 0 Å². The number of aromatic nitrogens is 2. The number of carbonyl (C=O) groups is 1. The summed E-state index contributed by atoms with van der Waals surface area (Å²) in [4.78, 5) is 19.6. The highest BCUT2D eigenvalue weighted by molar-refractivity contribution is 5.75. The Morgan fingerprint density at radius 2 is 1.81 bits per heavy atom. The predicted octanol–water partition coefficient (Wildman–Crippen LogP) is 3.97. The van der Waals surface area contributed by atoms with Crippen molar-refractivity contribution in [1.82, 2.24) is 9.97 Å². The van der Waals surface area contributed by atoms with Gasteiger partial charge in [0.1, 0.15) is 11.9 Å². The van der Waals surface area contributed by atoms with E-state index in [0.717, 1.165) is 30.4 Å². The Labute approximate surface area is 155 Å². The van der Waals surface area contributed by atoms with Crippen LogP contribution in [0.15, 0.2) is 36.7 Å². The van der Waals surface area contributed by atoms with Gasteiger partial charge in [0.2, 0.25) is 0 Å². The van der Waals surface area contributed by atoms with E-state index >= 15 is 0 Å². The van der Waals surface area contributed by atoms with Crippen molar-refractivity contribution in [3.8, 4) is 17.9 Å². The predicted molar refractivity (Wildman–Crippen MR) is 101 cm³/mol. The molecule has 1 aliphatic carbocycles. The van der Waals surface area contributed by atoms with Crippen molar-refractivity contribution in [2.24, 2.45) is 5.92 Å². The fraction of sp³-hybridized carbons (Fsp3) is 0.409. The van der Waals surface area contributed by atoms with Gasteiger partial charge < -0.3 is 9.53 Å². The summed E-state index contributed by atoms with van der Waals surface area (Å²) in [5.74, 6) is 6.82. The molecule has 4 heteroatoms. The number of ketones is 1. The lowest BCUT2D eigenvalue weighted by atomic mass is 9.96. The van der Waals surface area contributed by atoms with Crippen LogP contribution in [-0.2, 0) is 11.2 Å². The third-order valence-electron chi connectivity index (χ3n) is 4.48. The van der Waals surface area contributed by atoms with Gasteiger partial charge >= 0.3 is 6.01 Å². The molecule has 4 nitrogen and oxygen atoms in total. The van der Waals surface area contributed by atoms with Crippen molar-refractivity contribution < 1.29 is 9.53 Å². The van der Waals surface area contributed by atoms with E-state index in [9.17, 15) is 4.79 Å². The number of rotatable bonds is 6. The maximum atomic E-state index is 11.2. The van der Waals surface area contributed by atoms with Gasteiger partial charge in [-0.05, 0) is 56.2 Å². The highest BCUT2D eigenvalue weighted by Gasteiger charge is 2.19. The molecule has 1 aromatic carbocycles. The summed E-state index contributed by atoms with van der Waals surface area (Å²) in [6, 6.07) is 8.61. The molecule has 134 valence electrons. The second-order valence-corrected chi connectivity index (χ2v) is 7.09. The number of ether oxygens (including phenoxy) is 1. The Balaban J connectivity index is 1.56. The normalized spacial score (nSPS) is 14.7. The van der Waals surface area contributed by atoms with E-state index < -0.39 is 0 Å². The van der Waals surface area contributed by atoms with Crippen LogP contribution in [0.2, 0.25) is 0 Å². The minimum atomic E-state index is 0.242. The summed E-state index contributed by atoms with van der Waals surface area (Å²) in [5.41, 5.74) is 2.94. The van der Waals surface area contributed by atoms with Gasteiger partial charge in [-0.1, -0.05) is 30.9 Å². The fourth-order valence-corrected chi connectivity index (χ4v) is 2.91. The van der Waals surface area contributed by atoms with E-state index in [4.69, 9.17) is 4.74 Å². The number of carbonyl (C=O) groups excluding carboxylic acids is 1. The number of hydrogen-bond donors (Lipinski definition) is 0. The summed E-state index contributed by atoms with van der Waals surface area (Å²) in [6.07, 6.45) is 8.62. The standard InChI is InChI=1S/C22H24N2O2/c1-16(12-17(2)25)13-19-9-6-18(7-10-19)8-11-20-14-23-22(24-15-20)26-21-4-3-5-21/h6-7,9-10,14-16,21H,3-5,12-13H2,1-2H3. The molecule has 0 spiro atoms. The van der Waals surface area contributed by atoms with Crippen LogP contribution in [0.1, 0.15) is 56.2 Å². The third kappa shape index (κ3) is 5.42. The molecule has 0 saturated heterocycles. The second kappa shape index (κ2) is 8.62. The van der Waals surface area contributed by atoms with E-state index in [1.165, 1.54) is 12.0 Å². The molecule has 26 heavy (non-hydrogen) atoms. The maximum absolute atomic E-state index is 11.2. The lowest BCUT2D eigenvalue weighted by Crippen LogP contribution is -2.25. The number of benzene rings is 1. The van der Waals surface area contributed by atoms with Gasteiger partial charge in [0, 0.05) is 24.4 Å². The Morgan fingerprint density at radius 1 is 1.15 bits per heavy atom. The zero-order valence-corrected chi connectivity index (χ0v) is 15.4. The van der Waals surface area contributed by atoms with Crippen LogP contribution in [0, 0.1) is 17.8 Å². The average Bonchev–Trinajstić information content (AvgIpc) is 2.58. The molecule has 1 heterocycles. The van der Waals surface area contributed by atoms with Crippen LogP contribution in [0.5, 0.6) is 6.01 Å². The molecule has 1 atom stereocenters. The monoisotopic (exact) mass is 348 g/mol. The molecular weight excluding hydrogens is 324 g/mol. The van der Waals surface area contributed by atoms with Crippen molar-refractivity contribution in [2.45, 2.75) is 52.1 Å². The molecule has 0 bridgehead atoms. The Bertz CT molecular complexity index is 797. The molecule has 0 amide bonds. The Kier molecular flexibility index (Phi) is 6.01. The van der Waals surface area contributed by atoms with Crippen molar-refractivity contribution in [3.63, 3.8) is 0 Å². The lowest BCUT2D eigenvalue weighted by molar-refractivity contribution is -0.117. The molecule has 0 N–H and O–H groups in total. The van der Waals surface area contributed by atoms with Crippen LogP contribution in [0.3, 0.4) is 0 Å². The van der Waals surface area contributed by atoms with Gasteiger partial charge in [0.15, 0.2) is 0 Å². The van der Waals surface area contributed by atoms with Crippen LogP contribution >= 0.6 is 0 Å². The molecule has 3 rings (SSSR count). The molecule has 1 unspecified atom stereocenters. The molecule has 0 radical (unpaired) electrons. The number of hydrogen-bond acceptors (Lipinski definition) is 4. The minimum absolute atomic E-state index is 0.242. The first-order chi connectivity index (χ1) is 12.6. The second-order valence-electron chi connectivity index (χ2n) is 7.09. The fourth-order valence-electron chi connectivity index (χ4n) is 2.91. The summed E-state index contributed by atoms with van der Waals surface area (Å²) >= 11 is 0. The molecule has 2 aromatic rings. The maximum Gasteiger partial charge on any atom is 0.316 e. The number of Topliss-reactive ketones (excluding diaryl/α,β-unsaturated/α-hetero) is 1. The topological polar surface area (TPSA) is 52.1 Å². The molecule has 1 aliphatic rings. The van der Waals surface area contributed by atoms with E-state index in [1.54, 1.807) is 19.3 Å². The molecule has 1 saturated carbocycles. The SMILES string of the molecule is CC(=O)CC(C)Cc1ccc(C#Cc2cnc(OC3CCC3)nc2)cc1. The van der Waals surface area contributed by atoms with E-state index in [1.807, 2.05) is 12.1 Å². The zero-order valence-electron chi connectivity index (χ0n) is 15.4. The van der Waals surface area contributed by atoms with Crippen LogP contribution < -0.4 is 4.74 Å². The zero-order chi connectivity index (χ0) is 18.4. The smallest absolute Gasteiger partial charge is 0.316 e. The van der Waals surface area contributed by atoms with Crippen LogP contribution in [-0.4, -0.2) is 21.9 Å². The van der Waals surface area contributed by atoms with Crippen LogP contribution in [0.25, 0.3) is 0 Å². The Morgan fingerprint density at radius 3 is 2.38 bits per heavy atom. The Hall–Kier alpha value is -2.67. The first-order valence-corrected chi connectivity index (χ1v) is 9.17. The molecule has 1 aromatic heterocycles. The summed E-state index contributed by atoms with van der Waals surface area (Å²) in [7, 11) is 0. The van der Waals surface area contributed by atoms with Crippen molar-refractivity contribution in [2.75, 3.05) is 0 Å². The highest BCUT2D eigenvalue weighted by Crippen LogP contribution is 2.22. The molecule has 0 aliphatic heterocycles. The van der Waals surface area contributed by atoms with Crippen molar-refractivity contribution >= 4 is 5.78 Å². The van der Waals surface area contributed by atoms with Crippen molar-refractivity contribution in [1.29, 1.82) is 0 Å². The van der Waals surface area contributed by atoms with Gasteiger partial charge in [-0.3, -0.25) is 0 Å². The first-order valence-electron chi connectivity index (χ1n) is 9.17. The quantitative estimate of drug-likeness (QED) is 0.741. The van der Waals surface area contributed by atoms with E-state index in [-0.39, 0.29) is 11.9 Å². The summed E-state index contributed by atoms with van der Waals surface area (Å²) in [6.45, 7) is 3.75. The number of nitrogens with zero attached hydrogens (tertiary/aromatic N) is 2. The largest absolute Gasteiger partial charge is 0.460 e. The first kappa shape index (κ1) is 18.1. The van der Waals surface area contributed by atoms with Gasteiger partial charge in [-0.15, -0.1) is 0 Å². The lowest BCUT2D eigenvalue weighted by Gasteiger charge is -2.24. The molecular formula is C22H24N2O2. The van der Waals surface area contributed by atoms with E-state index in [0.29, 0.717) is 18.3 Å². The van der Waals surface area contributed by atoms with Crippen molar-refractivity contribution in [3.05, 3.63) is 53.3 Å². The van der Waals surface area contributed by atoms with Gasteiger partial charge in [0.25, 0.3) is 0 Å². The highest BCUT2D eigenvalue weighted by atomic mass is 16.5. The minimum Gasteiger partial charge on any atom is -0.460 e.